The molecule has 1 aromatic carbocycles. The van der Waals surface area contributed by atoms with Crippen LogP contribution in [0.15, 0.2) is 53.3 Å². The van der Waals surface area contributed by atoms with E-state index in [1.165, 1.54) is 0 Å². The summed E-state index contributed by atoms with van der Waals surface area (Å²) in [6.07, 6.45) is -1.36. The third-order valence-corrected chi connectivity index (χ3v) is 3.76. The highest BCUT2D eigenvalue weighted by molar-refractivity contribution is 6.30. The minimum Gasteiger partial charge on any atom is -0.369 e. The highest BCUT2D eigenvalue weighted by Gasteiger charge is 2.17. The van der Waals surface area contributed by atoms with Crippen LogP contribution in [0, 0.1) is 0 Å². The Morgan fingerprint density at radius 2 is 2.08 bits per heavy atom. The summed E-state index contributed by atoms with van der Waals surface area (Å²) in [6, 6.07) is -4.26. The van der Waals surface area contributed by atoms with Crippen LogP contribution in [0.1, 0.15) is 25.6 Å². The molecule has 3 heterocycles. The van der Waals surface area contributed by atoms with E-state index in [4.69, 9.17) is 30.8 Å². The number of aryl methyl sites for hydroxylation is 1. The van der Waals surface area contributed by atoms with Crippen molar-refractivity contribution in [3.8, 4) is 0 Å². The number of nitrogens with zero attached hydrogens (tertiary/aromatic N) is 5. The number of benzene rings is 1. The first-order valence-electron chi connectivity index (χ1n) is 14.6. The van der Waals surface area contributed by atoms with Crippen LogP contribution < -0.4 is 10.6 Å². The maximum absolute atomic E-state index is 12.8. The Morgan fingerprint density at radius 1 is 1.23 bits per heavy atom. The zero-order chi connectivity index (χ0) is 30.3. The van der Waals surface area contributed by atoms with Gasteiger partial charge in [0.15, 0.2) is 5.65 Å². The smallest absolute Gasteiger partial charge is 0.350 e. The number of aromatic nitrogens is 3. The maximum atomic E-state index is 12.8. The molecule has 0 radical (unpaired) electrons. The lowest BCUT2D eigenvalue weighted by molar-refractivity contribution is 0.248. The number of piperazine rings is 1. The molecule has 0 amide bonds. The summed E-state index contributed by atoms with van der Waals surface area (Å²) in [5, 5.41) is 3.41. The molecule has 7 heteroatoms. The molecule has 4 rings (SSSR count). The third-order valence-electron chi connectivity index (χ3n) is 3.57. The van der Waals surface area contributed by atoms with Crippen LogP contribution in [0.4, 0.5) is 5.69 Å². The van der Waals surface area contributed by atoms with E-state index in [9.17, 15) is 4.79 Å². The second kappa shape index (κ2) is 7.51. The zero-order valence-electron chi connectivity index (χ0n) is 27.4. The summed E-state index contributed by atoms with van der Waals surface area (Å²) in [6.45, 7) is -10.3. The van der Waals surface area contributed by atoms with Gasteiger partial charge in [-0.3, -0.25) is 9.30 Å². The van der Waals surface area contributed by atoms with Crippen molar-refractivity contribution in [3.05, 3.63) is 64.0 Å². The molecule has 3 aromatic rings. The van der Waals surface area contributed by atoms with Crippen molar-refractivity contribution in [1.29, 1.82) is 0 Å². The minimum atomic E-state index is -2.76. The first kappa shape index (κ1) is 7.37. The topological polar surface area (TPSA) is 45.8 Å². The van der Waals surface area contributed by atoms with Gasteiger partial charge < -0.3 is 4.90 Å². The van der Waals surface area contributed by atoms with E-state index in [-0.39, 0.29) is 11.3 Å². The maximum Gasteiger partial charge on any atom is 0.350 e. The van der Waals surface area contributed by atoms with Gasteiger partial charge in [-0.25, -0.2) is 9.48 Å². The number of halogens is 1. The van der Waals surface area contributed by atoms with Crippen molar-refractivity contribution >= 4 is 22.9 Å². The summed E-state index contributed by atoms with van der Waals surface area (Å²) in [5.74, 6) is 0. The van der Waals surface area contributed by atoms with Crippen molar-refractivity contribution in [2.45, 2.75) is 13.0 Å². The van der Waals surface area contributed by atoms with E-state index in [0.29, 0.717) is 14.0 Å². The number of hydrogen-bond donors (Lipinski definition) is 0. The van der Waals surface area contributed by atoms with Gasteiger partial charge in [0, 0.05) is 64.2 Å². The van der Waals surface area contributed by atoms with E-state index < -0.39 is 105 Å². The van der Waals surface area contributed by atoms with Crippen LogP contribution >= 0.6 is 11.6 Å². The van der Waals surface area contributed by atoms with Crippen molar-refractivity contribution in [3.63, 3.8) is 0 Å². The molecule has 0 bridgehead atoms. The Labute approximate surface area is 176 Å². The van der Waals surface area contributed by atoms with Gasteiger partial charge in [-0.15, -0.1) is 5.10 Å². The molecule has 2 aromatic heterocycles. The van der Waals surface area contributed by atoms with E-state index in [1.54, 1.807) is 0 Å². The average molecular weight is 386 g/mol. The average Bonchev–Trinajstić information content (AvgIpc) is 3.17. The summed E-state index contributed by atoms with van der Waals surface area (Å²) in [4.78, 5) is 14.1. The van der Waals surface area contributed by atoms with Crippen LogP contribution in [0.25, 0.3) is 5.65 Å². The zero-order valence-corrected chi connectivity index (χ0v) is 14.1. The molecule has 0 spiro atoms. The predicted molar refractivity (Wildman–Crippen MR) is 104 cm³/mol. The number of hydrogen-bond acceptors (Lipinski definition) is 4. The Bertz CT molecular complexity index is 1540. The highest BCUT2D eigenvalue weighted by atomic mass is 35.5. The van der Waals surface area contributed by atoms with Gasteiger partial charge in [0.1, 0.15) is 0 Å². The largest absolute Gasteiger partial charge is 0.369 e. The van der Waals surface area contributed by atoms with Gasteiger partial charge in [-0.1, -0.05) is 23.7 Å². The SMILES string of the molecule is [2H]c1c([2H])c(Cl)c([2H])c(N2CC([2H])([2H])N(C([2H])([2H])CCn3nc4c([2H])c([2H])c([2H])c([2H])n4c3=O)C([2H])([2H])C2)c1[2H]. The molecule has 0 N–H and O–H groups in total. The fourth-order valence-electron chi connectivity index (χ4n) is 2.34. The lowest BCUT2D eigenvalue weighted by atomic mass is 10.2. The second-order valence-electron chi connectivity index (χ2n) is 5.23. The van der Waals surface area contributed by atoms with Gasteiger partial charge in [0.25, 0.3) is 0 Å². The molecule has 0 unspecified atom stereocenters. The highest BCUT2D eigenvalue weighted by Crippen LogP contribution is 2.20. The Hall–Kier alpha value is -2.31. The molecular weight excluding hydrogens is 350 g/mol. The molecule has 1 aliphatic heterocycles. The molecule has 136 valence electrons. The molecule has 0 aliphatic carbocycles. The molecular formula is C19H22ClN5O. The monoisotopic (exact) mass is 385 g/mol. The van der Waals surface area contributed by atoms with E-state index in [2.05, 4.69) is 5.10 Å². The fraction of sp³-hybridized carbons (Fsp3) is 0.368. The van der Waals surface area contributed by atoms with Gasteiger partial charge in [0.2, 0.25) is 0 Å². The second-order valence-corrected chi connectivity index (χ2v) is 5.61. The van der Waals surface area contributed by atoms with Gasteiger partial charge in [-0.2, -0.15) is 0 Å². The van der Waals surface area contributed by atoms with Gasteiger partial charge in [0.05, 0.1) is 11.0 Å². The lowest BCUT2D eigenvalue weighted by Gasteiger charge is -2.36. The Balaban J connectivity index is 1.67. The Morgan fingerprint density at radius 3 is 2.92 bits per heavy atom. The molecule has 1 fully saturated rings. The minimum absolute atomic E-state index is 0.343. The lowest BCUT2D eigenvalue weighted by Crippen LogP contribution is -2.46. The summed E-state index contributed by atoms with van der Waals surface area (Å²) in [7, 11) is 0. The predicted octanol–water partition coefficient (Wildman–Crippen LogP) is 2.36. The molecule has 0 atom stereocenters. The van der Waals surface area contributed by atoms with E-state index in [1.807, 2.05) is 0 Å². The Kier molecular flexibility index (Phi) is 2.13. The van der Waals surface area contributed by atoms with E-state index >= 15 is 0 Å². The molecule has 0 saturated carbocycles. The first-order chi connectivity index (χ1) is 18.2. The van der Waals surface area contributed by atoms with Crippen LogP contribution in [0.2, 0.25) is 5.02 Å². The molecule has 26 heavy (non-hydrogen) atoms. The molecule has 1 aliphatic rings. The summed E-state index contributed by atoms with van der Waals surface area (Å²) in [5.41, 5.74) is -1.74. The number of pyridine rings is 1. The number of rotatable bonds is 5. The van der Waals surface area contributed by atoms with Crippen LogP contribution in [-0.4, -0.2) is 51.7 Å². The molecule has 6 nitrogen and oxygen atoms in total. The van der Waals surface area contributed by atoms with Crippen molar-refractivity contribution in [1.82, 2.24) is 19.1 Å². The standard InChI is InChI=1S/C19H22ClN5O/c20-16-5-3-6-17(15-16)23-13-11-22(12-14-23)8-4-10-25-19(26)24-9-2-1-7-18(24)21-25/h1-3,5-7,9,15H,4,8,10-14H2/i1D,2D,3D,5D,6D,7D,8D2,9D,11D2,12D2,15D. The van der Waals surface area contributed by atoms with Crippen molar-refractivity contribution in [2.75, 3.05) is 37.5 Å². The molecule has 1 saturated heterocycles. The normalized spacial score (nSPS) is 27.8. The van der Waals surface area contributed by atoms with Crippen molar-refractivity contribution in [2.24, 2.45) is 0 Å². The van der Waals surface area contributed by atoms with Crippen molar-refractivity contribution < 1.29 is 19.2 Å². The van der Waals surface area contributed by atoms with Gasteiger partial charge >= 0.3 is 5.69 Å². The van der Waals surface area contributed by atoms with Gasteiger partial charge in [-0.05, 0) is 36.6 Å². The quantitative estimate of drug-likeness (QED) is 0.676. The van der Waals surface area contributed by atoms with Crippen LogP contribution in [-0.2, 0) is 6.54 Å². The third kappa shape index (κ3) is 3.61. The fourth-order valence-corrected chi connectivity index (χ4v) is 2.47. The summed E-state index contributed by atoms with van der Waals surface area (Å²) < 4.78 is 116. The summed E-state index contributed by atoms with van der Waals surface area (Å²) >= 11 is 5.96. The number of fused-ring (bicyclic) bond motifs is 1. The van der Waals surface area contributed by atoms with Crippen LogP contribution in [0.3, 0.4) is 0 Å². The number of anilines is 1. The van der Waals surface area contributed by atoms with Crippen LogP contribution in [0.5, 0.6) is 0 Å². The van der Waals surface area contributed by atoms with E-state index in [0.717, 1.165) is 4.90 Å². The first-order valence-corrected chi connectivity index (χ1v) is 7.99.